The minimum Gasteiger partial charge on any atom is -0.282 e. The summed E-state index contributed by atoms with van der Waals surface area (Å²) in [6.07, 6.45) is -2.36. The summed E-state index contributed by atoms with van der Waals surface area (Å²) in [5.74, 6) is -1.37. The molecule has 0 saturated carbocycles. The van der Waals surface area contributed by atoms with Gasteiger partial charge in [-0.2, -0.15) is 0 Å². The molecule has 0 radical (unpaired) electrons. The summed E-state index contributed by atoms with van der Waals surface area (Å²) in [5.41, 5.74) is 0. The maximum atomic E-state index is 13.1. The van der Waals surface area contributed by atoms with Gasteiger partial charge < -0.3 is 0 Å². The molecule has 0 bridgehead atoms. The average molecular weight is 452 g/mol. The summed E-state index contributed by atoms with van der Waals surface area (Å²) in [6, 6.07) is 0. The van der Waals surface area contributed by atoms with E-state index in [1.807, 2.05) is 0 Å². The SMILES string of the molecule is O=P(O[C@H]1CCS(=O)(=O)C1)(O[C@H]1CCS(=O)(=O)C1)O[C@H]1CCS(=O)(=O)C1. The highest BCUT2D eigenvalue weighted by Gasteiger charge is 2.44. The van der Waals surface area contributed by atoms with Gasteiger partial charge in [-0.1, -0.05) is 0 Å². The van der Waals surface area contributed by atoms with Crippen LogP contribution in [0.1, 0.15) is 19.3 Å². The molecule has 10 nitrogen and oxygen atoms in total. The quantitative estimate of drug-likeness (QED) is 0.492. The lowest BCUT2D eigenvalue weighted by Crippen LogP contribution is -2.23. The second-order valence-electron chi connectivity index (χ2n) is 6.84. The lowest BCUT2D eigenvalue weighted by Gasteiger charge is -2.25. The highest BCUT2D eigenvalue weighted by molar-refractivity contribution is 7.92. The van der Waals surface area contributed by atoms with Crippen LogP contribution in [0.25, 0.3) is 0 Å². The molecule has 0 spiro atoms. The number of phosphoric acid groups is 1. The van der Waals surface area contributed by atoms with Gasteiger partial charge in [-0.3, -0.25) is 13.6 Å². The van der Waals surface area contributed by atoms with E-state index < -0.39 is 55.6 Å². The Morgan fingerprint density at radius 3 is 1.04 bits per heavy atom. The molecule has 0 aromatic carbocycles. The van der Waals surface area contributed by atoms with Crippen molar-refractivity contribution in [3.05, 3.63) is 0 Å². The minimum atomic E-state index is -4.33. The zero-order valence-corrected chi connectivity index (χ0v) is 17.2. The summed E-state index contributed by atoms with van der Waals surface area (Å²) in [7, 11) is -14.3. The molecule has 14 heteroatoms. The van der Waals surface area contributed by atoms with Crippen molar-refractivity contribution in [2.45, 2.75) is 37.6 Å². The van der Waals surface area contributed by atoms with E-state index in [0.717, 1.165) is 0 Å². The fourth-order valence-corrected chi connectivity index (χ4v) is 10.0. The molecule has 152 valence electrons. The molecule has 26 heavy (non-hydrogen) atoms. The van der Waals surface area contributed by atoms with Crippen LogP contribution in [0.2, 0.25) is 0 Å². The van der Waals surface area contributed by atoms with Gasteiger partial charge in [0, 0.05) is 0 Å². The van der Waals surface area contributed by atoms with Crippen LogP contribution in [0.5, 0.6) is 0 Å². The normalized spacial score (nSPS) is 35.6. The van der Waals surface area contributed by atoms with Gasteiger partial charge in [0.15, 0.2) is 29.5 Å². The fraction of sp³-hybridized carbons (Fsp3) is 1.00. The number of phosphoric ester groups is 1. The van der Waals surface area contributed by atoms with Gasteiger partial charge in [-0.05, 0) is 19.3 Å². The van der Waals surface area contributed by atoms with Crippen LogP contribution in [-0.4, -0.2) is 78.1 Å². The first-order valence-electron chi connectivity index (χ1n) is 8.12. The Balaban J connectivity index is 1.73. The zero-order valence-electron chi connectivity index (χ0n) is 13.9. The lowest BCUT2D eigenvalue weighted by atomic mass is 10.3. The maximum absolute atomic E-state index is 13.1. The van der Waals surface area contributed by atoms with Crippen LogP contribution >= 0.6 is 7.82 Å². The van der Waals surface area contributed by atoms with Crippen molar-refractivity contribution in [2.24, 2.45) is 0 Å². The van der Waals surface area contributed by atoms with E-state index in [9.17, 15) is 29.8 Å². The third-order valence-electron chi connectivity index (χ3n) is 4.41. The van der Waals surface area contributed by atoms with E-state index in [1.165, 1.54) is 0 Å². The van der Waals surface area contributed by atoms with Gasteiger partial charge in [0.2, 0.25) is 0 Å². The second-order valence-corrected chi connectivity index (χ2v) is 15.1. The van der Waals surface area contributed by atoms with E-state index in [4.69, 9.17) is 13.6 Å². The second kappa shape index (κ2) is 7.09. The summed E-state index contributed by atoms with van der Waals surface area (Å²) in [5, 5.41) is 0. The van der Waals surface area contributed by atoms with E-state index in [0.29, 0.717) is 0 Å². The highest BCUT2D eigenvalue weighted by Crippen LogP contribution is 2.55. The monoisotopic (exact) mass is 452 g/mol. The minimum absolute atomic E-state index is 0.116. The van der Waals surface area contributed by atoms with Crippen molar-refractivity contribution in [2.75, 3.05) is 34.5 Å². The van der Waals surface area contributed by atoms with Gasteiger partial charge in [-0.15, -0.1) is 0 Å². The first kappa shape index (κ1) is 20.7. The zero-order chi connectivity index (χ0) is 19.2. The predicted octanol–water partition coefficient (Wildman–Crippen LogP) is -0.294. The van der Waals surface area contributed by atoms with Crippen LogP contribution in [0.3, 0.4) is 0 Å². The van der Waals surface area contributed by atoms with Crippen LogP contribution in [0.4, 0.5) is 0 Å². The predicted molar refractivity (Wildman–Crippen MR) is 92.0 cm³/mol. The third-order valence-corrected chi connectivity index (χ3v) is 11.3. The van der Waals surface area contributed by atoms with E-state index in [-0.39, 0.29) is 53.8 Å². The van der Waals surface area contributed by atoms with E-state index in [2.05, 4.69) is 0 Å². The first-order chi connectivity index (χ1) is 11.9. The number of sulfone groups is 3. The fourth-order valence-electron chi connectivity index (χ4n) is 3.15. The van der Waals surface area contributed by atoms with Crippen molar-refractivity contribution in [1.29, 1.82) is 0 Å². The Morgan fingerprint density at radius 1 is 0.577 bits per heavy atom. The van der Waals surface area contributed by atoms with Crippen LogP contribution < -0.4 is 0 Å². The largest absolute Gasteiger partial charge is 0.475 e. The third kappa shape index (κ3) is 5.49. The van der Waals surface area contributed by atoms with E-state index in [1.54, 1.807) is 0 Å². The molecule has 3 aliphatic rings. The van der Waals surface area contributed by atoms with Crippen molar-refractivity contribution in [3.8, 4) is 0 Å². The van der Waals surface area contributed by atoms with Gasteiger partial charge in [0.05, 0.1) is 52.8 Å². The number of hydrogen-bond acceptors (Lipinski definition) is 10. The summed E-state index contributed by atoms with van der Waals surface area (Å²) in [4.78, 5) is 0. The lowest BCUT2D eigenvalue weighted by molar-refractivity contribution is 0.0482. The number of hydrogen-bond donors (Lipinski definition) is 0. The Kier molecular flexibility index (Phi) is 5.64. The van der Waals surface area contributed by atoms with Crippen molar-refractivity contribution >= 4 is 37.3 Å². The Morgan fingerprint density at radius 2 is 0.846 bits per heavy atom. The molecule has 0 N–H and O–H groups in total. The molecule has 0 aromatic rings. The smallest absolute Gasteiger partial charge is 0.282 e. The maximum Gasteiger partial charge on any atom is 0.475 e. The molecule has 3 rings (SSSR count). The Hall–Kier alpha value is -0.0400. The summed E-state index contributed by atoms with van der Waals surface area (Å²) in [6.45, 7) is 0. The molecule has 3 heterocycles. The van der Waals surface area contributed by atoms with Crippen molar-refractivity contribution in [1.82, 2.24) is 0 Å². The molecule has 3 fully saturated rings. The molecule has 3 atom stereocenters. The molecular weight excluding hydrogens is 431 g/mol. The average Bonchev–Trinajstić information content (AvgIpc) is 3.07. The van der Waals surface area contributed by atoms with Gasteiger partial charge in [-0.25, -0.2) is 29.8 Å². The summed E-state index contributed by atoms with van der Waals surface area (Å²) < 4.78 is 98.5. The van der Waals surface area contributed by atoms with Gasteiger partial charge in [0.25, 0.3) is 0 Å². The topological polar surface area (TPSA) is 147 Å². The molecule has 0 unspecified atom stereocenters. The molecule has 3 saturated heterocycles. The van der Waals surface area contributed by atoms with Crippen molar-refractivity contribution < 1.29 is 43.4 Å². The molecular formula is C12H21O10PS3. The molecule has 3 aliphatic heterocycles. The van der Waals surface area contributed by atoms with Gasteiger partial charge >= 0.3 is 7.82 Å². The number of rotatable bonds is 6. The van der Waals surface area contributed by atoms with Crippen LogP contribution in [0, 0.1) is 0 Å². The van der Waals surface area contributed by atoms with Crippen LogP contribution in [-0.2, 0) is 47.6 Å². The van der Waals surface area contributed by atoms with Gasteiger partial charge in [0.1, 0.15) is 0 Å². The molecule has 0 amide bonds. The van der Waals surface area contributed by atoms with Crippen molar-refractivity contribution in [3.63, 3.8) is 0 Å². The standard InChI is InChI=1S/C12H21O10PS3/c13-23(20-10-1-4-24(14,15)7-10,21-11-2-5-25(16,17)8-11)22-12-3-6-26(18,19)9-12/h10-12H,1-9H2/t10-,11-,12-/m0/s1. The Bertz CT molecular complexity index is 788. The Labute approximate surface area is 153 Å². The highest BCUT2D eigenvalue weighted by atomic mass is 32.2. The molecule has 0 aromatic heterocycles. The van der Waals surface area contributed by atoms with E-state index >= 15 is 0 Å². The van der Waals surface area contributed by atoms with Crippen LogP contribution in [0.15, 0.2) is 0 Å². The first-order valence-corrected chi connectivity index (χ1v) is 15.0. The summed E-state index contributed by atoms with van der Waals surface area (Å²) >= 11 is 0. The molecule has 0 aliphatic carbocycles.